The van der Waals surface area contributed by atoms with Gasteiger partial charge in [0, 0.05) is 31.8 Å². The number of hydrogen-bond acceptors (Lipinski definition) is 2. The van der Waals surface area contributed by atoms with E-state index in [-0.39, 0.29) is 0 Å². The quantitative estimate of drug-likeness (QED) is 0.710. The van der Waals surface area contributed by atoms with Crippen molar-refractivity contribution in [3.8, 4) is 0 Å². The lowest BCUT2D eigenvalue weighted by atomic mass is 10.1. The lowest BCUT2D eigenvalue weighted by Gasteiger charge is -2.23. The molecule has 0 heterocycles. The van der Waals surface area contributed by atoms with Gasteiger partial charge in [0.1, 0.15) is 0 Å². The number of hydrogen-bond donors (Lipinski definition) is 0. The highest BCUT2D eigenvalue weighted by atomic mass is 35.5. The molecular weight excluding hydrogens is 222 g/mol. The second-order valence-corrected chi connectivity index (χ2v) is 4.08. The molecule has 0 unspecified atom stereocenters. The first kappa shape index (κ1) is 13.3. The lowest BCUT2D eigenvalue weighted by Crippen LogP contribution is -2.26. The summed E-state index contributed by atoms with van der Waals surface area (Å²) in [7, 11) is 1.73. The number of methoxy groups -OCH3 is 1. The van der Waals surface area contributed by atoms with Crippen LogP contribution in [-0.4, -0.2) is 26.8 Å². The highest BCUT2D eigenvalue weighted by molar-refractivity contribution is 6.17. The van der Waals surface area contributed by atoms with Gasteiger partial charge in [0.25, 0.3) is 0 Å². The van der Waals surface area contributed by atoms with Crippen molar-refractivity contribution in [2.75, 3.05) is 31.7 Å². The standard InChI is InChI=1S/C13H20ClNO/c1-4-15(7-8-16-3)13-6-5-12(10-14)11(2)9-13/h5-6,9H,4,7-8,10H2,1-3H3. The minimum atomic E-state index is 0.580. The van der Waals surface area contributed by atoms with Crippen LogP contribution in [0, 0.1) is 6.92 Å². The Hall–Kier alpha value is -0.730. The summed E-state index contributed by atoms with van der Waals surface area (Å²) in [6.45, 7) is 6.92. The second kappa shape index (κ2) is 6.77. The third-order valence-corrected chi connectivity index (χ3v) is 3.07. The molecule has 0 spiro atoms. The molecule has 0 saturated heterocycles. The number of aryl methyl sites for hydroxylation is 1. The first-order valence-electron chi connectivity index (χ1n) is 5.62. The summed E-state index contributed by atoms with van der Waals surface area (Å²) in [5.74, 6) is 0.580. The van der Waals surface area contributed by atoms with Crippen LogP contribution in [0.5, 0.6) is 0 Å². The summed E-state index contributed by atoms with van der Waals surface area (Å²) in [5, 5.41) is 0. The summed E-state index contributed by atoms with van der Waals surface area (Å²) in [6, 6.07) is 6.42. The van der Waals surface area contributed by atoms with Crippen LogP contribution in [0.15, 0.2) is 18.2 Å². The monoisotopic (exact) mass is 241 g/mol. The molecule has 1 rings (SSSR count). The molecule has 1 aromatic rings. The van der Waals surface area contributed by atoms with E-state index in [2.05, 4.69) is 36.9 Å². The predicted molar refractivity (Wildman–Crippen MR) is 70.5 cm³/mol. The molecule has 90 valence electrons. The molecule has 0 saturated carbocycles. The van der Waals surface area contributed by atoms with Crippen LogP contribution in [-0.2, 0) is 10.6 Å². The normalized spacial score (nSPS) is 10.5. The minimum absolute atomic E-state index is 0.580. The number of halogens is 1. The molecule has 0 bridgehead atoms. The summed E-state index contributed by atoms with van der Waals surface area (Å²) >= 11 is 5.85. The molecule has 0 aromatic heterocycles. The van der Waals surface area contributed by atoms with E-state index in [1.54, 1.807) is 7.11 Å². The van der Waals surface area contributed by atoms with Gasteiger partial charge in [0.15, 0.2) is 0 Å². The van der Waals surface area contributed by atoms with Gasteiger partial charge >= 0.3 is 0 Å². The number of rotatable bonds is 6. The van der Waals surface area contributed by atoms with Gasteiger partial charge in [-0.05, 0) is 37.1 Å². The average molecular weight is 242 g/mol. The van der Waals surface area contributed by atoms with E-state index in [1.165, 1.54) is 16.8 Å². The second-order valence-electron chi connectivity index (χ2n) is 3.82. The summed E-state index contributed by atoms with van der Waals surface area (Å²) in [6.07, 6.45) is 0. The topological polar surface area (TPSA) is 12.5 Å². The molecule has 0 fully saturated rings. The number of ether oxygens (including phenoxy) is 1. The highest BCUT2D eigenvalue weighted by Gasteiger charge is 2.05. The fourth-order valence-electron chi connectivity index (χ4n) is 1.70. The van der Waals surface area contributed by atoms with E-state index in [4.69, 9.17) is 16.3 Å². The van der Waals surface area contributed by atoms with Crippen molar-refractivity contribution in [1.29, 1.82) is 0 Å². The third-order valence-electron chi connectivity index (χ3n) is 2.78. The molecule has 0 amide bonds. The smallest absolute Gasteiger partial charge is 0.0637 e. The Kier molecular flexibility index (Phi) is 5.64. The van der Waals surface area contributed by atoms with Gasteiger partial charge in [-0.3, -0.25) is 0 Å². The molecule has 2 nitrogen and oxygen atoms in total. The Morgan fingerprint density at radius 1 is 1.38 bits per heavy atom. The Bertz CT molecular complexity index is 328. The molecule has 0 N–H and O–H groups in total. The number of nitrogens with zero attached hydrogens (tertiary/aromatic N) is 1. The average Bonchev–Trinajstić information content (AvgIpc) is 2.30. The Labute approximate surface area is 103 Å². The van der Waals surface area contributed by atoms with Crippen LogP contribution in [0.2, 0.25) is 0 Å². The Morgan fingerprint density at radius 3 is 2.62 bits per heavy atom. The van der Waals surface area contributed by atoms with Crippen molar-refractivity contribution >= 4 is 17.3 Å². The molecular formula is C13H20ClNO. The summed E-state index contributed by atoms with van der Waals surface area (Å²) < 4.78 is 5.11. The number of alkyl halides is 1. The number of likely N-dealkylation sites (N-methyl/N-ethyl adjacent to an activating group) is 1. The lowest BCUT2D eigenvalue weighted by molar-refractivity contribution is 0.205. The van der Waals surface area contributed by atoms with Crippen molar-refractivity contribution in [2.45, 2.75) is 19.7 Å². The van der Waals surface area contributed by atoms with Gasteiger partial charge in [-0.2, -0.15) is 0 Å². The SMILES string of the molecule is CCN(CCOC)c1ccc(CCl)c(C)c1. The van der Waals surface area contributed by atoms with E-state index in [0.29, 0.717) is 5.88 Å². The predicted octanol–water partition coefficient (Wildman–Crippen LogP) is 3.21. The van der Waals surface area contributed by atoms with Crippen LogP contribution >= 0.6 is 11.6 Å². The zero-order valence-corrected chi connectivity index (χ0v) is 11.0. The number of anilines is 1. The molecule has 0 aliphatic heterocycles. The molecule has 0 aliphatic rings. The van der Waals surface area contributed by atoms with Crippen molar-refractivity contribution in [1.82, 2.24) is 0 Å². The van der Waals surface area contributed by atoms with Gasteiger partial charge < -0.3 is 9.64 Å². The Balaban J connectivity index is 2.80. The summed E-state index contributed by atoms with van der Waals surface area (Å²) in [4.78, 5) is 2.30. The van der Waals surface area contributed by atoms with Crippen LogP contribution in [0.4, 0.5) is 5.69 Å². The van der Waals surface area contributed by atoms with Crippen LogP contribution in [0.25, 0.3) is 0 Å². The first-order chi connectivity index (χ1) is 7.72. The zero-order valence-electron chi connectivity index (χ0n) is 10.3. The van der Waals surface area contributed by atoms with E-state index in [0.717, 1.165) is 19.7 Å². The van der Waals surface area contributed by atoms with Crippen molar-refractivity contribution in [2.24, 2.45) is 0 Å². The summed E-state index contributed by atoms with van der Waals surface area (Å²) in [5.41, 5.74) is 3.70. The van der Waals surface area contributed by atoms with Crippen molar-refractivity contribution in [3.63, 3.8) is 0 Å². The minimum Gasteiger partial charge on any atom is -0.383 e. The maximum atomic E-state index is 5.85. The van der Waals surface area contributed by atoms with Crippen LogP contribution in [0.3, 0.4) is 0 Å². The van der Waals surface area contributed by atoms with Crippen LogP contribution < -0.4 is 4.90 Å². The van der Waals surface area contributed by atoms with E-state index >= 15 is 0 Å². The maximum Gasteiger partial charge on any atom is 0.0637 e. The third kappa shape index (κ3) is 3.39. The van der Waals surface area contributed by atoms with E-state index < -0.39 is 0 Å². The highest BCUT2D eigenvalue weighted by Crippen LogP contribution is 2.20. The zero-order chi connectivity index (χ0) is 12.0. The first-order valence-corrected chi connectivity index (χ1v) is 6.15. The van der Waals surface area contributed by atoms with Gasteiger partial charge in [-0.1, -0.05) is 6.07 Å². The van der Waals surface area contributed by atoms with Gasteiger partial charge in [-0.15, -0.1) is 11.6 Å². The molecule has 0 radical (unpaired) electrons. The number of benzene rings is 1. The molecule has 16 heavy (non-hydrogen) atoms. The molecule has 1 aromatic carbocycles. The van der Waals surface area contributed by atoms with Gasteiger partial charge in [0.05, 0.1) is 6.61 Å². The van der Waals surface area contributed by atoms with E-state index in [9.17, 15) is 0 Å². The molecule has 3 heteroatoms. The van der Waals surface area contributed by atoms with Gasteiger partial charge in [0.2, 0.25) is 0 Å². The Morgan fingerprint density at radius 2 is 2.12 bits per heavy atom. The molecule has 0 atom stereocenters. The van der Waals surface area contributed by atoms with E-state index in [1.807, 2.05) is 0 Å². The van der Waals surface area contributed by atoms with Crippen molar-refractivity contribution < 1.29 is 4.74 Å². The fourth-order valence-corrected chi connectivity index (χ4v) is 2.00. The van der Waals surface area contributed by atoms with Crippen molar-refractivity contribution in [3.05, 3.63) is 29.3 Å². The van der Waals surface area contributed by atoms with Crippen LogP contribution in [0.1, 0.15) is 18.1 Å². The fraction of sp³-hybridized carbons (Fsp3) is 0.538. The van der Waals surface area contributed by atoms with Gasteiger partial charge in [-0.25, -0.2) is 0 Å². The maximum absolute atomic E-state index is 5.85. The molecule has 0 aliphatic carbocycles. The largest absolute Gasteiger partial charge is 0.383 e.